The minimum absolute atomic E-state index is 0. The van der Waals surface area contributed by atoms with E-state index in [-0.39, 0.29) is 31.9 Å². The van der Waals surface area contributed by atoms with Crippen LogP contribution < -0.4 is 12.4 Å². The van der Waals surface area contributed by atoms with Crippen LogP contribution in [0.25, 0.3) is 0 Å². The van der Waals surface area contributed by atoms with Crippen LogP contribution in [0.3, 0.4) is 0 Å². The number of hydrogen-bond donors (Lipinski definition) is 0. The molecule has 0 nitrogen and oxygen atoms in total. The van der Waals surface area contributed by atoms with E-state index in [4.69, 9.17) is 0 Å². The van der Waals surface area contributed by atoms with E-state index < -0.39 is 0 Å². The van der Waals surface area contributed by atoms with Crippen LogP contribution in [-0.2, 0) is 19.5 Å². The average Bonchev–Trinajstić information content (AvgIpc) is 1.00. The van der Waals surface area contributed by atoms with Crippen molar-refractivity contribution in [3.05, 3.63) is 6.38 Å². The zero-order valence-electron chi connectivity index (χ0n) is 2.17. The largest absolute Gasteiger partial charge is 1.00 e. The number of rotatable bonds is 0. The van der Waals surface area contributed by atoms with Crippen LogP contribution in [0.15, 0.2) is 0 Å². The minimum atomic E-state index is 0. The monoisotopic (exact) mass is 148 g/mol. The molecule has 0 amide bonds. The molecular formula is CH2Cl2Zn-. The van der Waals surface area contributed by atoms with E-state index in [1.807, 2.05) is 0 Å². The molecule has 0 spiro atoms. The standard InChI is InChI=1S/CH2Cl.ClH.Zn/c1-2;;/h1H2;1H;/p-1. The molecule has 0 saturated heterocycles. The SMILES string of the molecule is [CH2]Cl.[Cl-].[Zn]. The zero-order valence-corrected chi connectivity index (χ0v) is 6.65. The Morgan fingerprint density at radius 2 is 1.25 bits per heavy atom. The molecule has 0 aliphatic heterocycles. The van der Waals surface area contributed by atoms with E-state index in [2.05, 4.69) is 18.0 Å². The maximum Gasteiger partial charge on any atom is 0.0359 e. The Hall–Kier alpha value is 1.20. The van der Waals surface area contributed by atoms with E-state index >= 15 is 0 Å². The van der Waals surface area contributed by atoms with Crippen molar-refractivity contribution in [2.45, 2.75) is 0 Å². The Morgan fingerprint density at radius 3 is 1.25 bits per heavy atom. The summed E-state index contributed by atoms with van der Waals surface area (Å²) >= 11 is 4.39. The molecule has 0 rings (SSSR count). The molecule has 0 aromatic heterocycles. The molecule has 0 aliphatic carbocycles. The van der Waals surface area contributed by atoms with Crippen molar-refractivity contribution >= 4 is 11.6 Å². The first-order valence-corrected chi connectivity index (χ1v) is 0.802. The van der Waals surface area contributed by atoms with Crippen LogP contribution in [-0.4, -0.2) is 0 Å². The Morgan fingerprint density at radius 1 is 1.25 bits per heavy atom. The van der Waals surface area contributed by atoms with Gasteiger partial charge in [0.05, 0.1) is 0 Å². The summed E-state index contributed by atoms with van der Waals surface area (Å²) in [6.07, 6.45) is 2.72. The van der Waals surface area contributed by atoms with Gasteiger partial charge >= 0.3 is 0 Å². The summed E-state index contributed by atoms with van der Waals surface area (Å²) in [4.78, 5) is 0. The fraction of sp³-hybridized carbons (Fsp3) is 0. The fourth-order valence-electron chi connectivity index (χ4n) is 0. The summed E-state index contributed by atoms with van der Waals surface area (Å²) < 4.78 is 0. The first kappa shape index (κ1) is 18.9. The Labute approximate surface area is 50.1 Å². The van der Waals surface area contributed by atoms with Gasteiger partial charge in [-0.2, -0.15) is 0 Å². The van der Waals surface area contributed by atoms with Crippen LogP contribution in [0.4, 0.5) is 0 Å². The summed E-state index contributed by atoms with van der Waals surface area (Å²) in [5.74, 6) is 0. The first-order chi connectivity index (χ1) is 1.00. The van der Waals surface area contributed by atoms with Gasteiger partial charge in [0.25, 0.3) is 0 Å². The van der Waals surface area contributed by atoms with Crippen molar-refractivity contribution in [1.29, 1.82) is 0 Å². The van der Waals surface area contributed by atoms with Crippen LogP contribution in [0.1, 0.15) is 0 Å². The van der Waals surface area contributed by atoms with Gasteiger partial charge < -0.3 is 12.4 Å². The summed E-state index contributed by atoms with van der Waals surface area (Å²) in [6, 6.07) is 0. The molecule has 0 fully saturated rings. The third-order valence-electron chi connectivity index (χ3n) is 0. The Bertz CT molecular complexity index is 6.00. The van der Waals surface area contributed by atoms with E-state index in [1.54, 1.807) is 0 Å². The fourth-order valence-corrected chi connectivity index (χ4v) is 0. The number of halogens is 2. The molecule has 0 N–H and O–H groups in total. The van der Waals surface area contributed by atoms with Crippen LogP contribution in [0.5, 0.6) is 0 Å². The van der Waals surface area contributed by atoms with Gasteiger partial charge in [0.15, 0.2) is 0 Å². The third-order valence-corrected chi connectivity index (χ3v) is 0. The molecule has 3 heteroatoms. The predicted molar refractivity (Wildman–Crippen MR) is 11.2 cm³/mol. The Kier molecular flexibility index (Phi) is 141. The van der Waals surface area contributed by atoms with Gasteiger partial charge in [0.1, 0.15) is 0 Å². The maximum absolute atomic E-state index is 4.39. The van der Waals surface area contributed by atoms with Crippen LogP contribution >= 0.6 is 11.6 Å². The maximum atomic E-state index is 4.39. The van der Waals surface area contributed by atoms with Gasteiger partial charge in [-0.15, -0.1) is 11.6 Å². The molecule has 0 aliphatic rings. The molecule has 4 heavy (non-hydrogen) atoms. The summed E-state index contributed by atoms with van der Waals surface area (Å²) in [6.45, 7) is 0. The van der Waals surface area contributed by atoms with Crippen molar-refractivity contribution in [3.63, 3.8) is 0 Å². The van der Waals surface area contributed by atoms with Crippen molar-refractivity contribution < 1.29 is 31.9 Å². The molecule has 0 heterocycles. The summed E-state index contributed by atoms with van der Waals surface area (Å²) in [5.41, 5.74) is 0. The van der Waals surface area contributed by atoms with E-state index in [9.17, 15) is 0 Å². The van der Waals surface area contributed by atoms with Gasteiger partial charge in [-0.3, -0.25) is 0 Å². The van der Waals surface area contributed by atoms with E-state index in [0.717, 1.165) is 0 Å². The zero-order chi connectivity index (χ0) is 2.00. The molecule has 1 radical (unpaired) electrons. The quantitative estimate of drug-likeness (QED) is 0.351. The average molecular weight is 150 g/mol. The van der Waals surface area contributed by atoms with Gasteiger partial charge in [-0.25, -0.2) is 0 Å². The van der Waals surface area contributed by atoms with Crippen molar-refractivity contribution in [2.75, 3.05) is 0 Å². The molecule has 0 aromatic carbocycles. The summed E-state index contributed by atoms with van der Waals surface area (Å²) in [5, 5.41) is 0. The second-order valence-corrected chi connectivity index (χ2v) is 0. The molecule has 0 bridgehead atoms. The van der Waals surface area contributed by atoms with Crippen molar-refractivity contribution in [2.24, 2.45) is 0 Å². The minimum Gasteiger partial charge on any atom is -1.00 e. The second kappa shape index (κ2) is 29.8. The molecule has 23 valence electrons. The molecule has 0 atom stereocenters. The van der Waals surface area contributed by atoms with E-state index in [1.165, 1.54) is 0 Å². The Balaban J connectivity index is -0.00000000500. The normalized spacial score (nSPS) is 1.50. The van der Waals surface area contributed by atoms with Crippen molar-refractivity contribution in [3.8, 4) is 0 Å². The van der Waals surface area contributed by atoms with Crippen LogP contribution in [0, 0.1) is 6.38 Å². The second-order valence-electron chi connectivity index (χ2n) is 0. The van der Waals surface area contributed by atoms with Gasteiger partial charge in [-0.05, 0) is 0 Å². The molecule has 0 aromatic rings. The van der Waals surface area contributed by atoms with Gasteiger partial charge in [0.2, 0.25) is 0 Å². The first-order valence-electron chi connectivity index (χ1n) is 0.267. The predicted octanol–water partition coefficient (Wildman–Crippen LogP) is -1.98. The number of hydrogen-bond acceptors (Lipinski definition) is 0. The molecule has 0 unspecified atom stereocenters. The van der Waals surface area contributed by atoms with Crippen molar-refractivity contribution in [1.82, 2.24) is 0 Å². The molecule has 0 saturated carbocycles. The van der Waals surface area contributed by atoms with E-state index in [0.29, 0.717) is 0 Å². The molecular weight excluding hydrogens is 148 g/mol. The van der Waals surface area contributed by atoms with Gasteiger partial charge in [-0.1, -0.05) is 0 Å². The van der Waals surface area contributed by atoms with Crippen LogP contribution in [0.2, 0.25) is 0 Å². The topological polar surface area (TPSA) is 0 Å². The van der Waals surface area contributed by atoms with Gasteiger partial charge in [0, 0.05) is 25.9 Å². The summed E-state index contributed by atoms with van der Waals surface area (Å²) in [7, 11) is 0. The third kappa shape index (κ3) is 10.7. The smallest absolute Gasteiger partial charge is 0.0359 e.